The quantitative estimate of drug-likeness (QED) is 0.282. The molecule has 1 aromatic heterocycles. The predicted molar refractivity (Wildman–Crippen MR) is 135 cm³/mol. The molecule has 3 aromatic rings. The van der Waals surface area contributed by atoms with Crippen molar-refractivity contribution in [2.24, 2.45) is 0 Å². The Bertz CT molecular complexity index is 1490. The summed E-state index contributed by atoms with van der Waals surface area (Å²) in [5.41, 5.74) is -6.36. The molecule has 43 heavy (non-hydrogen) atoms. The van der Waals surface area contributed by atoms with Crippen molar-refractivity contribution in [2.75, 3.05) is 30.3 Å². The van der Waals surface area contributed by atoms with E-state index in [1.807, 2.05) is 0 Å². The molecule has 10 nitrogen and oxygen atoms in total. The van der Waals surface area contributed by atoms with Crippen molar-refractivity contribution in [3.8, 4) is 0 Å². The number of urea groups is 1. The largest absolute Gasteiger partial charge is 0.430 e. The van der Waals surface area contributed by atoms with Gasteiger partial charge in [0.05, 0.1) is 30.3 Å². The van der Waals surface area contributed by atoms with Crippen LogP contribution in [0.5, 0.6) is 0 Å². The van der Waals surface area contributed by atoms with Crippen LogP contribution in [0.25, 0.3) is 0 Å². The topological polar surface area (TPSA) is 128 Å². The minimum Gasteiger partial charge on any atom is -0.369 e. The molecule has 2 heterocycles. The first-order valence-corrected chi connectivity index (χ1v) is 12.3. The molecule has 1 saturated heterocycles. The molecule has 3 N–H and O–H groups in total. The number of imide groups is 1. The van der Waals surface area contributed by atoms with Gasteiger partial charge in [-0.3, -0.25) is 19.4 Å². The van der Waals surface area contributed by atoms with Crippen molar-refractivity contribution in [2.45, 2.75) is 24.5 Å². The van der Waals surface area contributed by atoms with Crippen molar-refractivity contribution >= 4 is 29.2 Å². The van der Waals surface area contributed by atoms with Crippen LogP contribution in [-0.2, 0) is 16.9 Å². The lowest BCUT2D eigenvalue weighted by atomic mass is 9.91. The molecule has 0 aliphatic carbocycles. The van der Waals surface area contributed by atoms with Crippen molar-refractivity contribution < 1.29 is 50.2 Å². The summed E-state index contributed by atoms with van der Waals surface area (Å²) < 4.78 is 93.2. The van der Waals surface area contributed by atoms with E-state index in [4.69, 9.17) is 0 Å². The van der Waals surface area contributed by atoms with Crippen LogP contribution in [0, 0.1) is 5.82 Å². The van der Waals surface area contributed by atoms with Gasteiger partial charge in [0.15, 0.2) is 0 Å². The first-order valence-electron chi connectivity index (χ1n) is 12.3. The second kappa shape index (κ2) is 11.9. The highest BCUT2D eigenvalue weighted by Crippen LogP contribution is 2.50. The van der Waals surface area contributed by atoms with Crippen molar-refractivity contribution in [3.63, 3.8) is 0 Å². The van der Waals surface area contributed by atoms with E-state index in [0.29, 0.717) is 17.8 Å². The van der Waals surface area contributed by atoms with Crippen LogP contribution in [0.2, 0.25) is 0 Å². The van der Waals surface area contributed by atoms with Gasteiger partial charge in [-0.2, -0.15) is 36.5 Å². The maximum absolute atomic E-state index is 14.6. The lowest BCUT2D eigenvalue weighted by Crippen LogP contribution is -2.54. The SMILES string of the molecule is O=C(Nc1ccnnc1)Nc1ccc(C(=O)N2CCN(Cc3ccc(C(O)(C(F)(F)F)C(F)(F)F)cc3)CC2=O)cc1F. The molecule has 0 atom stereocenters. The van der Waals surface area contributed by atoms with Gasteiger partial charge >= 0.3 is 18.4 Å². The first kappa shape index (κ1) is 31.3. The fraction of sp³-hybridized carbons (Fsp3) is 0.269. The molecule has 17 heteroatoms. The first-order chi connectivity index (χ1) is 20.1. The average molecular weight is 614 g/mol. The third kappa shape index (κ3) is 6.72. The number of carbonyl (C=O) groups is 3. The number of anilines is 2. The lowest BCUT2D eigenvalue weighted by Gasteiger charge is -2.34. The van der Waals surface area contributed by atoms with Crippen LogP contribution < -0.4 is 10.6 Å². The van der Waals surface area contributed by atoms with Crippen molar-refractivity contribution in [3.05, 3.63) is 83.4 Å². The van der Waals surface area contributed by atoms with Crippen LogP contribution in [0.15, 0.2) is 60.9 Å². The molecule has 228 valence electrons. The van der Waals surface area contributed by atoms with E-state index in [9.17, 15) is 50.2 Å². The van der Waals surface area contributed by atoms with Gasteiger partial charge in [0.25, 0.3) is 11.5 Å². The number of aliphatic hydroxyl groups is 1. The number of aromatic nitrogens is 2. The Morgan fingerprint density at radius 2 is 1.58 bits per heavy atom. The van der Waals surface area contributed by atoms with Gasteiger partial charge in [0, 0.05) is 30.8 Å². The van der Waals surface area contributed by atoms with E-state index in [0.717, 1.165) is 29.2 Å². The number of benzene rings is 2. The van der Waals surface area contributed by atoms with Gasteiger partial charge in [-0.25, -0.2) is 9.18 Å². The number of amides is 4. The molecule has 0 unspecified atom stereocenters. The van der Waals surface area contributed by atoms with Gasteiger partial charge in [0.1, 0.15) is 5.82 Å². The molecule has 0 spiro atoms. The molecule has 1 fully saturated rings. The number of nitrogens with zero attached hydrogens (tertiary/aromatic N) is 4. The molecule has 0 bridgehead atoms. The summed E-state index contributed by atoms with van der Waals surface area (Å²) in [6.45, 7) is -0.423. The number of nitrogens with one attached hydrogen (secondary N) is 2. The van der Waals surface area contributed by atoms with Gasteiger partial charge in [-0.05, 0) is 29.8 Å². The monoisotopic (exact) mass is 614 g/mol. The fourth-order valence-electron chi connectivity index (χ4n) is 4.22. The Labute approximate surface area is 238 Å². The highest BCUT2D eigenvalue weighted by molar-refractivity contribution is 6.06. The molecular weight excluding hydrogens is 593 g/mol. The van der Waals surface area contributed by atoms with Gasteiger partial charge in [-0.1, -0.05) is 24.3 Å². The van der Waals surface area contributed by atoms with Crippen LogP contribution in [0.1, 0.15) is 21.5 Å². The van der Waals surface area contributed by atoms with E-state index in [-0.39, 0.29) is 43.0 Å². The molecular formula is C26H21F7N6O4. The van der Waals surface area contributed by atoms with Crippen LogP contribution in [0.3, 0.4) is 0 Å². The Balaban J connectivity index is 1.36. The smallest absolute Gasteiger partial charge is 0.369 e. The minimum atomic E-state index is -6.02. The number of hydrogen-bond acceptors (Lipinski definition) is 7. The van der Waals surface area contributed by atoms with E-state index in [1.54, 1.807) is 0 Å². The zero-order valence-electron chi connectivity index (χ0n) is 21.7. The number of piperazine rings is 1. The highest BCUT2D eigenvalue weighted by Gasteiger charge is 2.71. The van der Waals surface area contributed by atoms with Gasteiger partial charge < -0.3 is 15.7 Å². The normalized spacial score (nSPS) is 14.9. The van der Waals surface area contributed by atoms with Crippen molar-refractivity contribution in [1.82, 2.24) is 20.0 Å². The van der Waals surface area contributed by atoms with Crippen LogP contribution in [0.4, 0.5) is 46.9 Å². The molecule has 4 rings (SSSR count). The highest BCUT2D eigenvalue weighted by atomic mass is 19.4. The van der Waals surface area contributed by atoms with Crippen LogP contribution >= 0.6 is 0 Å². The molecule has 2 aromatic carbocycles. The van der Waals surface area contributed by atoms with Gasteiger partial charge in [0.2, 0.25) is 5.91 Å². The number of hydrogen-bond donors (Lipinski definition) is 3. The summed E-state index contributed by atoms with van der Waals surface area (Å²) in [6, 6.07) is 6.79. The second-order valence-electron chi connectivity index (χ2n) is 9.37. The maximum atomic E-state index is 14.6. The summed E-state index contributed by atoms with van der Waals surface area (Å²) in [6.07, 6.45) is -9.44. The number of halogens is 7. The summed E-state index contributed by atoms with van der Waals surface area (Å²) in [5, 5.41) is 21.3. The van der Waals surface area contributed by atoms with Crippen LogP contribution in [-0.4, -0.2) is 74.9 Å². The maximum Gasteiger partial charge on any atom is 0.430 e. The third-order valence-corrected chi connectivity index (χ3v) is 6.45. The lowest BCUT2D eigenvalue weighted by molar-refractivity contribution is -0.376. The third-order valence-electron chi connectivity index (χ3n) is 6.45. The fourth-order valence-corrected chi connectivity index (χ4v) is 4.22. The zero-order valence-corrected chi connectivity index (χ0v) is 21.7. The zero-order chi connectivity index (χ0) is 31.6. The summed E-state index contributed by atoms with van der Waals surface area (Å²) in [4.78, 5) is 40.1. The molecule has 1 aliphatic rings. The predicted octanol–water partition coefficient (Wildman–Crippen LogP) is 4.06. The number of alkyl halides is 6. The molecule has 0 radical (unpaired) electrons. The van der Waals surface area contributed by atoms with Crippen molar-refractivity contribution in [1.29, 1.82) is 0 Å². The Hall–Kier alpha value is -4.64. The Morgan fingerprint density at radius 3 is 2.14 bits per heavy atom. The summed E-state index contributed by atoms with van der Waals surface area (Å²) >= 11 is 0. The minimum absolute atomic E-state index is 0.0584. The average Bonchev–Trinajstić information content (AvgIpc) is 2.93. The van der Waals surface area contributed by atoms with E-state index >= 15 is 0 Å². The van der Waals surface area contributed by atoms with Gasteiger partial charge in [-0.15, -0.1) is 0 Å². The molecule has 4 amide bonds. The molecule has 1 aliphatic heterocycles. The number of carbonyl (C=O) groups excluding carboxylic acids is 3. The van der Waals surface area contributed by atoms with E-state index < -0.39 is 47.2 Å². The Kier molecular flexibility index (Phi) is 8.68. The number of rotatable bonds is 6. The summed E-state index contributed by atoms with van der Waals surface area (Å²) in [7, 11) is 0. The van der Waals surface area contributed by atoms with E-state index in [1.165, 1.54) is 29.4 Å². The standard InChI is InChI=1S/C26H21F7N6O4/c27-19-11-16(3-6-20(19)37-23(42)36-18-7-8-34-35-12-18)22(41)39-10-9-38(14-21(39)40)13-15-1-4-17(5-2-15)24(43,25(28,29)30)26(31,32)33/h1-8,11-12,43H,9-10,13-14H2,(H2,34,36,37,42). The second-order valence-corrected chi connectivity index (χ2v) is 9.37. The Morgan fingerprint density at radius 1 is 0.907 bits per heavy atom. The van der Waals surface area contributed by atoms with E-state index in [2.05, 4.69) is 20.8 Å². The summed E-state index contributed by atoms with van der Waals surface area (Å²) in [5.74, 6) is -2.44. The molecule has 0 saturated carbocycles.